The van der Waals surface area contributed by atoms with E-state index in [1.54, 1.807) is 12.1 Å². The summed E-state index contributed by atoms with van der Waals surface area (Å²) in [5.41, 5.74) is 2.12. The van der Waals surface area contributed by atoms with Crippen LogP contribution in [0.2, 0.25) is 0 Å². The Morgan fingerprint density at radius 2 is 1.88 bits per heavy atom. The highest BCUT2D eigenvalue weighted by Gasteiger charge is 2.19. The van der Waals surface area contributed by atoms with Crippen molar-refractivity contribution in [1.29, 1.82) is 0 Å². The molecule has 0 spiro atoms. The molecule has 1 saturated heterocycles. The van der Waals surface area contributed by atoms with Crippen LogP contribution < -0.4 is 15.0 Å². The van der Waals surface area contributed by atoms with Gasteiger partial charge in [0.05, 0.1) is 6.61 Å². The molecule has 0 saturated carbocycles. The van der Waals surface area contributed by atoms with Crippen LogP contribution in [0.5, 0.6) is 5.88 Å². The first kappa shape index (κ1) is 20.8. The van der Waals surface area contributed by atoms with Crippen molar-refractivity contribution in [2.75, 3.05) is 56.1 Å². The van der Waals surface area contributed by atoms with Gasteiger partial charge in [0.25, 0.3) is 0 Å². The largest absolute Gasteiger partial charge is 0.478 e. The zero-order valence-electron chi connectivity index (χ0n) is 18.3. The first-order chi connectivity index (χ1) is 15.8. The molecule has 5 nitrogen and oxygen atoms in total. The molecule has 0 unspecified atom stereocenters. The lowest BCUT2D eigenvalue weighted by Crippen LogP contribution is -2.46. The Kier molecular flexibility index (Phi) is 6.21. The number of benzene rings is 2. The van der Waals surface area contributed by atoms with Gasteiger partial charge in [0.15, 0.2) is 0 Å². The summed E-state index contributed by atoms with van der Waals surface area (Å²) in [6.45, 7) is 6.39. The van der Waals surface area contributed by atoms with Gasteiger partial charge in [-0.05, 0) is 43.0 Å². The molecule has 0 bridgehead atoms. The van der Waals surface area contributed by atoms with Crippen molar-refractivity contribution >= 4 is 28.4 Å². The van der Waals surface area contributed by atoms with E-state index in [2.05, 4.69) is 38.3 Å². The van der Waals surface area contributed by atoms with E-state index in [9.17, 15) is 4.39 Å². The number of nitrogens with one attached hydrogen (secondary N) is 1. The van der Waals surface area contributed by atoms with Gasteiger partial charge in [-0.1, -0.05) is 36.4 Å². The van der Waals surface area contributed by atoms with E-state index >= 15 is 0 Å². The molecule has 32 heavy (non-hydrogen) atoms. The lowest BCUT2D eigenvalue weighted by atomic mass is 10.1. The molecule has 3 heterocycles. The van der Waals surface area contributed by atoms with Crippen molar-refractivity contribution in [3.63, 3.8) is 0 Å². The van der Waals surface area contributed by atoms with Crippen molar-refractivity contribution in [2.24, 2.45) is 0 Å². The number of nitrogens with zero attached hydrogens (tertiary/aromatic N) is 3. The topological polar surface area (TPSA) is 40.6 Å². The molecule has 2 aliphatic rings. The summed E-state index contributed by atoms with van der Waals surface area (Å²) in [6, 6.07) is 15.3. The van der Waals surface area contributed by atoms with E-state index in [1.165, 1.54) is 0 Å². The Bertz CT molecular complexity index is 1110. The van der Waals surface area contributed by atoms with Gasteiger partial charge in [-0.25, -0.2) is 4.39 Å². The molecule has 166 valence electrons. The number of unbranched alkanes of at least 4 members (excludes halogenated alkanes) is 1. The van der Waals surface area contributed by atoms with Crippen molar-refractivity contribution in [2.45, 2.75) is 12.8 Å². The lowest BCUT2D eigenvalue weighted by molar-refractivity contribution is 0.237. The Morgan fingerprint density at radius 3 is 2.78 bits per heavy atom. The summed E-state index contributed by atoms with van der Waals surface area (Å²) in [4.78, 5) is 9.35. The summed E-state index contributed by atoms with van der Waals surface area (Å²) in [5.74, 6) is 1.42. The highest BCUT2D eigenvalue weighted by atomic mass is 19.1. The quantitative estimate of drug-likeness (QED) is 0.544. The average Bonchev–Trinajstić information content (AvgIpc) is 2.83. The van der Waals surface area contributed by atoms with Gasteiger partial charge in [0.1, 0.15) is 11.6 Å². The zero-order chi connectivity index (χ0) is 21.8. The summed E-state index contributed by atoms with van der Waals surface area (Å²) in [5, 5.41) is 5.36. The van der Waals surface area contributed by atoms with Gasteiger partial charge < -0.3 is 15.0 Å². The molecule has 1 fully saturated rings. The van der Waals surface area contributed by atoms with E-state index < -0.39 is 0 Å². The third-order valence-electron chi connectivity index (χ3n) is 6.22. The first-order valence-corrected chi connectivity index (χ1v) is 11.5. The van der Waals surface area contributed by atoms with Crippen LogP contribution in [0.1, 0.15) is 18.4 Å². The smallest absolute Gasteiger partial charge is 0.215 e. The number of anilines is 2. The molecule has 2 aromatic carbocycles. The van der Waals surface area contributed by atoms with Crippen molar-refractivity contribution in [1.82, 2.24) is 9.88 Å². The predicted octanol–water partition coefficient (Wildman–Crippen LogP) is 4.79. The minimum absolute atomic E-state index is 0.165. The molecule has 5 rings (SSSR count). The molecule has 0 radical (unpaired) electrons. The molecule has 6 heteroatoms. The summed E-state index contributed by atoms with van der Waals surface area (Å²) < 4.78 is 20.0. The third kappa shape index (κ3) is 4.70. The molecule has 0 atom stereocenters. The van der Waals surface area contributed by atoms with E-state index in [-0.39, 0.29) is 5.82 Å². The normalized spacial score (nSPS) is 16.1. The van der Waals surface area contributed by atoms with Crippen molar-refractivity contribution < 1.29 is 9.13 Å². The molecule has 0 aliphatic carbocycles. The molecule has 0 amide bonds. The van der Waals surface area contributed by atoms with E-state index in [4.69, 9.17) is 4.74 Å². The third-order valence-corrected chi connectivity index (χ3v) is 6.22. The number of fused-ring (bicyclic) bond motifs is 2. The second-order valence-electron chi connectivity index (χ2n) is 8.40. The second kappa shape index (κ2) is 9.57. The van der Waals surface area contributed by atoms with Crippen LogP contribution in [0.25, 0.3) is 16.8 Å². The highest BCUT2D eigenvalue weighted by molar-refractivity contribution is 5.94. The van der Waals surface area contributed by atoms with Crippen LogP contribution in [-0.4, -0.2) is 55.8 Å². The lowest BCUT2D eigenvalue weighted by Gasteiger charge is -2.36. The monoisotopic (exact) mass is 432 g/mol. The number of hydrogen-bond donors (Lipinski definition) is 1. The number of ether oxygens (including phenoxy) is 1. The maximum absolute atomic E-state index is 14.1. The van der Waals surface area contributed by atoms with Gasteiger partial charge in [0.2, 0.25) is 5.88 Å². The molecular formula is C26H29FN4O. The molecule has 1 N–H and O–H groups in total. The number of rotatable bonds is 7. The first-order valence-electron chi connectivity index (χ1n) is 11.5. The Morgan fingerprint density at radius 1 is 1.00 bits per heavy atom. The predicted molar refractivity (Wildman–Crippen MR) is 129 cm³/mol. The summed E-state index contributed by atoms with van der Waals surface area (Å²) in [7, 11) is 0. The van der Waals surface area contributed by atoms with Gasteiger partial charge in [0, 0.05) is 55.4 Å². The van der Waals surface area contributed by atoms with Crippen LogP contribution in [0, 0.1) is 5.82 Å². The zero-order valence-corrected chi connectivity index (χ0v) is 18.3. The number of aromatic nitrogens is 1. The number of halogens is 1. The molecule has 1 aromatic heterocycles. The Labute approximate surface area is 188 Å². The molecular weight excluding hydrogens is 403 g/mol. The van der Waals surface area contributed by atoms with Crippen molar-refractivity contribution in [3.05, 3.63) is 66.0 Å². The van der Waals surface area contributed by atoms with Gasteiger partial charge in [-0.2, -0.15) is 4.98 Å². The fourth-order valence-electron chi connectivity index (χ4n) is 4.49. The van der Waals surface area contributed by atoms with Gasteiger partial charge in [-0.3, -0.25) is 4.90 Å². The molecule has 3 aromatic rings. The van der Waals surface area contributed by atoms with Crippen LogP contribution in [0.4, 0.5) is 15.9 Å². The summed E-state index contributed by atoms with van der Waals surface area (Å²) in [6.07, 6.45) is 6.26. The fraction of sp³-hybridized carbons (Fsp3) is 0.346. The Balaban J connectivity index is 1.06. The standard InChI is InChI=1S/C26H29FN4O/c27-22-18-21-6-1-2-8-23(21)24(19-22)31-15-13-30(14-16-31)12-3-4-17-32-25-10-9-20-7-5-11-28-26(20)29-25/h1-2,5-10,18-19H,3-4,11-17H2,(H,28,29). The van der Waals surface area contributed by atoms with Gasteiger partial charge >= 0.3 is 0 Å². The minimum atomic E-state index is -0.165. The SMILES string of the molecule is Fc1cc(N2CCN(CCCCOc3ccc4c(n3)NCC=C4)CC2)c2ccccc2c1. The van der Waals surface area contributed by atoms with Crippen LogP contribution >= 0.6 is 0 Å². The average molecular weight is 433 g/mol. The van der Waals surface area contributed by atoms with Gasteiger partial charge in [-0.15, -0.1) is 0 Å². The van der Waals surface area contributed by atoms with Crippen LogP contribution in [0.15, 0.2) is 54.6 Å². The number of pyridine rings is 1. The number of piperazine rings is 1. The second-order valence-corrected chi connectivity index (χ2v) is 8.40. The van der Waals surface area contributed by atoms with Crippen molar-refractivity contribution in [3.8, 4) is 5.88 Å². The van der Waals surface area contributed by atoms with E-state index in [0.29, 0.717) is 12.5 Å². The maximum atomic E-state index is 14.1. The van der Waals surface area contributed by atoms with E-state index in [0.717, 1.165) is 80.0 Å². The highest BCUT2D eigenvalue weighted by Crippen LogP contribution is 2.29. The van der Waals surface area contributed by atoms with Crippen LogP contribution in [-0.2, 0) is 0 Å². The molecule has 2 aliphatic heterocycles. The fourth-order valence-corrected chi connectivity index (χ4v) is 4.49. The number of hydrogen-bond acceptors (Lipinski definition) is 5. The van der Waals surface area contributed by atoms with E-state index in [1.807, 2.05) is 30.3 Å². The maximum Gasteiger partial charge on any atom is 0.215 e. The summed E-state index contributed by atoms with van der Waals surface area (Å²) >= 11 is 0. The minimum Gasteiger partial charge on any atom is -0.478 e. The Hall–Kier alpha value is -3.12. The van der Waals surface area contributed by atoms with Crippen LogP contribution in [0.3, 0.4) is 0 Å².